The minimum atomic E-state index is -3.34. The third-order valence-electron chi connectivity index (χ3n) is 3.03. The number of hydrogen-bond acceptors (Lipinski definition) is 5. The molecule has 0 radical (unpaired) electrons. The number of morpholine rings is 1. The Bertz CT molecular complexity index is 379. The first-order valence-electron chi connectivity index (χ1n) is 6.36. The number of carbonyl (C=O) groups is 1. The smallest absolute Gasteiger partial charge is 0.304 e. The highest BCUT2D eigenvalue weighted by Gasteiger charge is 2.18. The molecule has 7 nitrogen and oxygen atoms in total. The van der Waals surface area contributed by atoms with Crippen LogP contribution in [0.4, 0.5) is 0 Å². The van der Waals surface area contributed by atoms with Gasteiger partial charge in [-0.25, -0.2) is 12.7 Å². The predicted molar refractivity (Wildman–Crippen MR) is 70.5 cm³/mol. The van der Waals surface area contributed by atoms with Gasteiger partial charge in [0.25, 0.3) is 0 Å². The summed E-state index contributed by atoms with van der Waals surface area (Å²) < 4.78 is 29.5. The zero-order valence-electron chi connectivity index (χ0n) is 11.2. The van der Waals surface area contributed by atoms with Crippen LogP contribution >= 0.6 is 0 Å². The van der Waals surface area contributed by atoms with Crippen molar-refractivity contribution in [3.8, 4) is 0 Å². The second-order valence-corrected chi connectivity index (χ2v) is 6.60. The molecule has 0 aromatic carbocycles. The van der Waals surface area contributed by atoms with E-state index in [0.717, 1.165) is 39.1 Å². The lowest BCUT2D eigenvalue weighted by Gasteiger charge is -2.27. The number of hydrogen-bond donors (Lipinski definition) is 1. The molecule has 1 saturated heterocycles. The Kier molecular flexibility index (Phi) is 6.70. The van der Waals surface area contributed by atoms with Crippen molar-refractivity contribution in [3.63, 3.8) is 0 Å². The minimum absolute atomic E-state index is 0.0390. The van der Waals surface area contributed by atoms with Crippen LogP contribution in [-0.2, 0) is 19.6 Å². The molecule has 0 saturated carbocycles. The van der Waals surface area contributed by atoms with E-state index in [1.54, 1.807) is 0 Å². The summed E-state index contributed by atoms with van der Waals surface area (Å²) in [5.41, 5.74) is 0. The number of sulfonamides is 1. The Labute approximate surface area is 114 Å². The van der Waals surface area contributed by atoms with Gasteiger partial charge in [-0.15, -0.1) is 0 Å². The molecular formula is C11H22N2O5S. The van der Waals surface area contributed by atoms with Crippen molar-refractivity contribution in [2.75, 3.05) is 52.2 Å². The molecule has 1 aliphatic heterocycles. The lowest BCUT2D eigenvalue weighted by Crippen LogP contribution is -2.39. The highest BCUT2D eigenvalue weighted by atomic mass is 32.2. The van der Waals surface area contributed by atoms with Crippen LogP contribution in [0, 0.1) is 0 Å². The molecule has 0 atom stereocenters. The number of ether oxygens (including phenoxy) is 1. The zero-order valence-corrected chi connectivity index (χ0v) is 12.1. The summed E-state index contributed by atoms with van der Waals surface area (Å²) >= 11 is 0. The SMILES string of the molecule is CS(=O)(=O)N(CCCN1CCOCC1)CCC(=O)O. The molecule has 8 heteroatoms. The Morgan fingerprint density at radius 1 is 1.32 bits per heavy atom. The van der Waals surface area contributed by atoms with Crippen molar-refractivity contribution in [1.29, 1.82) is 0 Å². The second-order valence-electron chi connectivity index (χ2n) is 4.61. The maximum Gasteiger partial charge on any atom is 0.304 e. The Morgan fingerprint density at radius 2 is 1.95 bits per heavy atom. The standard InChI is InChI=1S/C11H22N2O5S/c1-19(16,17)13(6-3-11(14)15)5-2-4-12-7-9-18-10-8-12/h2-10H2,1H3,(H,14,15). The van der Waals surface area contributed by atoms with E-state index < -0.39 is 16.0 Å². The summed E-state index contributed by atoms with van der Waals surface area (Å²) in [5, 5.41) is 8.61. The summed E-state index contributed by atoms with van der Waals surface area (Å²) in [7, 11) is -3.34. The molecule has 1 N–H and O–H groups in total. The van der Waals surface area contributed by atoms with Crippen LogP contribution in [0.1, 0.15) is 12.8 Å². The topological polar surface area (TPSA) is 87.2 Å². The van der Waals surface area contributed by atoms with E-state index in [9.17, 15) is 13.2 Å². The van der Waals surface area contributed by atoms with E-state index >= 15 is 0 Å². The lowest BCUT2D eigenvalue weighted by molar-refractivity contribution is -0.137. The molecule has 1 aliphatic rings. The molecule has 0 amide bonds. The molecule has 1 fully saturated rings. The van der Waals surface area contributed by atoms with Gasteiger partial charge >= 0.3 is 5.97 Å². The molecule has 0 aromatic rings. The van der Waals surface area contributed by atoms with Gasteiger partial charge in [0.15, 0.2) is 0 Å². The highest BCUT2D eigenvalue weighted by Crippen LogP contribution is 2.04. The van der Waals surface area contributed by atoms with Crippen LogP contribution in [0.3, 0.4) is 0 Å². The first kappa shape index (κ1) is 16.4. The predicted octanol–water partition coefficient (Wildman–Crippen LogP) is -0.555. The fraction of sp³-hybridized carbons (Fsp3) is 0.909. The monoisotopic (exact) mass is 294 g/mol. The van der Waals surface area contributed by atoms with Crippen molar-refractivity contribution >= 4 is 16.0 Å². The van der Waals surface area contributed by atoms with Crippen molar-refractivity contribution < 1.29 is 23.1 Å². The van der Waals surface area contributed by atoms with Gasteiger partial charge < -0.3 is 9.84 Å². The summed E-state index contributed by atoms with van der Waals surface area (Å²) in [6, 6.07) is 0. The number of carboxylic acid groups (broad SMARTS) is 1. The lowest BCUT2D eigenvalue weighted by atomic mass is 10.3. The third-order valence-corrected chi connectivity index (χ3v) is 4.33. The number of carboxylic acids is 1. The first-order chi connectivity index (χ1) is 8.89. The molecule has 0 spiro atoms. The fourth-order valence-electron chi connectivity index (χ4n) is 1.96. The van der Waals surface area contributed by atoms with E-state index in [4.69, 9.17) is 9.84 Å². The first-order valence-corrected chi connectivity index (χ1v) is 8.21. The molecular weight excluding hydrogens is 272 g/mol. The van der Waals surface area contributed by atoms with Crippen molar-refractivity contribution in [3.05, 3.63) is 0 Å². The van der Waals surface area contributed by atoms with Crippen LogP contribution in [0.15, 0.2) is 0 Å². The van der Waals surface area contributed by atoms with Gasteiger partial charge in [-0.2, -0.15) is 0 Å². The van der Waals surface area contributed by atoms with E-state index in [1.807, 2.05) is 0 Å². The number of rotatable bonds is 8. The maximum atomic E-state index is 11.5. The molecule has 1 rings (SSSR count). The normalized spacial score (nSPS) is 17.8. The van der Waals surface area contributed by atoms with Crippen molar-refractivity contribution in [2.45, 2.75) is 12.8 Å². The van der Waals surface area contributed by atoms with E-state index in [2.05, 4.69) is 4.90 Å². The van der Waals surface area contributed by atoms with Crippen molar-refractivity contribution in [2.24, 2.45) is 0 Å². The largest absolute Gasteiger partial charge is 0.481 e. The van der Waals surface area contributed by atoms with Crippen LogP contribution < -0.4 is 0 Å². The van der Waals surface area contributed by atoms with Gasteiger partial charge in [0.1, 0.15) is 0 Å². The van der Waals surface area contributed by atoms with Crippen LogP contribution in [0.2, 0.25) is 0 Å². The van der Waals surface area contributed by atoms with Crippen LogP contribution in [0.5, 0.6) is 0 Å². The fourth-order valence-corrected chi connectivity index (χ4v) is 2.84. The summed E-state index contributed by atoms with van der Waals surface area (Å²) in [5.74, 6) is -0.984. The van der Waals surface area contributed by atoms with Crippen molar-refractivity contribution in [1.82, 2.24) is 9.21 Å². The van der Waals surface area contributed by atoms with Gasteiger partial charge in [-0.1, -0.05) is 0 Å². The van der Waals surface area contributed by atoms with Gasteiger partial charge in [0.05, 0.1) is 25.9 Å². The Balaban J connectivity index is 2.33. The second kappa shape index (κ2) is 7.78. The Morgan fingerprint density at radius 3 is 2.47 bits per heavy atom. The van der Waals surface area contributed by atoms with Gasteiger partial charge in [0, 0.05) is 26.2 Å². The van der Waals surface area contributed by atoms with Crippen LogP contribution in [0.25, 0.3) is 0 Å². The van der Waals surface area contributed by atoms with E-state index in [1.165, 1.54) is 4.31 Å². The molecule has 0 bridgehead atoms. The van der Waals surface area contributed by atoms with E-state index in [-0.39, 0.29) is 13.0 Å². The molecule has 0 unspecified atom stereocenters. The van der Waals surface area contributed by atoms with Crippen LogP contribution in [-0.4, -0.2) is 80.9 Å². The summed E-state index contributed by atoms with van der Waals surface area (Å²) in [6.45, 7) is 4.38. The van der Waals surface area contributed by atoms with Gasteiger partial charge in [-0.3, -0.25) is 9.69 Å². The van der Waals surface area contributed by atoms with Gasteiger partial charge in [-0.05, 0) is 13.0 Å². The number of nitrogens with zero attached hydrogens (tertiary/aromatic N) is 2. The average molecular weight is 294 g/mol. The summed E-state index contributed by atoms with van der Waals surface area (Å²) in [4.78, 5) is 12.7. The highest BCUT2D eigenvalue weighted by molar-refractivity contribution is 7.88. The quantitative estimate of drug-likeness (QED) is 0.646. The minimum Gasteiger partial charge on any atom is -0.481 e. The number of aliphatic carboxylic acids is 1. The molecule has 112 valence electrons. The van der Waals surface area contributed by atoms with Gasteiger partial charge in [0.2, 0.25) is 10.0 Å². The molecule has 0 aliphatic carbocycles. The average Bonchev–Trinajstić information content (AvgIpc) is 2.33. The molecule has 1 heterocycles. The van der Waals surface area contributed by atoms with E-state index in [0.29, 0.717) is 13.0 Å². The summed E-state index contributed by atoms with van der Waals surface area (Å²) in [6.07, 6.45) is 1.65. The maximum absolute atomic E-state index is 11.5. The molecule has 0 aromatic heterocycles. The molecule has 19 heavy (non-hydrogen) atoms. The Hall–Kier alpha value is -0.700. The zero-order chi connectivity index (χ0) is 14.3. The third kappa shape index (κ3) is 6.86.